The van der Waals surface area contributed by atoms with Gasteiger partial charge in [0.2, 0.25) is 5.91 Å². The van der Waals surface area contributed by atoms with Crippen LogP contribution in [0.4, 0.5) is 9.18 Å². The van der Waals surface area contributed by atoms with Crippen LogP contribution in [0.1, 0.15) is 17.8 Å². The zero-order chi connectivity index (χ0) is 21.1. The smallest absolute Gasteiger partial charge is 0.321 e. The van der Waals surface area contributed by atoms with E-state index in [9.17, 15) is 14.0 Å². The molecule has 0 bridgehead atoms. The summed E-state index contributed by atoms with van der Waals surface area (Å²) in [6.07, 6.45) is 0.464. The Morgan fingerprint density at radius 1 is 1.13 bits per heavy atom. The van der Waals surface area contributed by atoms with Crippen molar-refractivity contribution in [1.29, 1.82) is 0 Å². The van der Waals surface area contributed by atoms with Gasteiger partial charge in [-0.2, -0.15) is 0 Å². The minimum Gasteiger partial charge on any atom is -0.334 e. The molecule has 4 rings (SSSR count). The number of nitrogens with zero attached hydrogens (tertiary/aromatic N) is 3. The Hall–Kier alpha value is -2.91. The van der Waals surface area contributed by atoms with Crippen LogP contribution in [0, 0.1) is 5.82 Å². The molecule has 30 heavy (non-hydrogen) atoms. The van der Waals surface area contributed by atoms with Crippen LogP contribution in [0.3, 0.4) is 0 Å². The number of benzene rings is 2. The van der Waals surface area contributed by atoms with E-state index in [1.807, 2.05) is 16.7 Å². The molecule has 0 saturated carbocycles. The lowest BCUT2D eigenvalue weighted by Gasteiger charge is -2.23. The van der Waals surface area contributed by atoms with Crippen LogP contribution in [0.2, 0.25) is 5.02 Å². The summed E-state index contributed by atoms with van der Waals surface area (Å²) in [6, 6.07) is 12.8. The number of amides is 3. The van der Waals surface area contributed by atoms with Gasteiger partial charge in [-0.15, -0.1) is 10.2 Å². The molecule has 1 fully saturated rings. The molecule has 1 aliphatic rings. The first kappa shape index (κ1) is 20.4. The molecule has 154 valence electrons. The lowest BCUT2D eigenvalue weighted by atomic mass is 10.1. The van der Waals surface area contributed by atoms with Crippen LogP contribution in [-0.2, 0) is 17.0 Å². The van der Waals surface area contributed by atoms with Gasteiger partial charge < -0.3 is 5.32 Å². The molecule has 1 saturated heterocycles. The third kappa shape index (κ3) is 4.63. The van der Waals surface area contributed by atoms with Crippen LogP contribution in [-0.4, -0.2) is 32.7 Å². The molecule has 7 nitrogen and oxygen atoms in total. The number of halogens is 2. The maximum absolute atomic E-state index is 14.0. The first-order valence-electron chi connectivity index (χ1n) is 9.16. The lowest BCUT2D eigenvalue weighted by Crippen LogP contribution is -2.53. The van der Waals surface area contributed by atoms with Crippen LogP contribution < -0.4 is 10.6 Å². The molecule has 2 aromatic carbocycles. The molecule has 3 aromatic rings. The van der Waals surface area contributed by atoms with E-state index in [0.29, 0.717) is 33.7 Å². The van der Waals surface area contributed by atoms with E-state index >= 15 is 0 Å². The predicted molar refractivity (Wildman–Crippen MR) is 111 cm³/mol. The van der Waals surface area contributed by atoms with Gasteiger partial charge in [-0.3, -0.25) is 14.7 Å². The second kappa shape index (κ2) is 8.85. The Labute approximate surface area is 181 Å². The first-order chi connectivity index (χ1) is 14.5. The summed E-state index contributed by atoms with van der Waals surface area (Å²) >= 11 is 7.37. The molecule has 3 amide bonds. The van der Waals surface area contributed by atoms with Gasteiger partial charge >= 0.3 is 6.03 Å². The summed E-state index contributed by atoms with van der Waals surface area (Å²) in [5.41, 5.74) is 1.34. The third-order valence-electron chi connectivity index (χ3n) is 4.55. The average molecular weight is 446 g/mol. The number of carbonyl (C=O) groups is 2. The molecule has 0 radical (unpaired) electrons. The molecule has 2 N–H and O–H groups in total. The first-order valence-corrected chi connectivity index (χ1v) is 10.5. The highest BCUT2D eigenvalue weighted by Gasteiger charge is 2.26. The number of hydrogen-bond acceptors (Lipinski definition) is 5. The van der Waals surface area contributed by atoms with Crippen molar-refractivity contribution >= 4 is 35.3 Å². The zero-order valence-electron chi connectivity index (χ0n) is 15.6. The SMILES string of the molecule is O=C1CC(Cc2nnc(SCc3ccccc3F)n2-c2ccc(Cl)cc2)NC(=O)N1. The molecule has 10 heteroatoms. The van der Waals surface area contributed by atoms with E-state index in [4.69, 9.17) is 11.6 Å². The Morgan fingerprint density at radius 2 is 1.90 bits per heavy atom. The summed E-state index contributed by atoms with van der Waals surface area (Å²) in [4.78, 5) is 23.3. The number of rotatable bonds is 6. The van der Waals surface area contributed by atoms with E-state index in [1.54, 1.807) is 30.3 Å². The Kier molecular flexibility index (Phi) is 6.01. The number of carbonyl (C=O) groups excluding carboxylic acids is 2. The number of nitrogens with one attached hydrogen (secondary N) is 2. The monoisotopic (exact) mass is 445 g/mol. The van der Waals surface area contributed by atoms with E-state index < -0.39 is 12.1 Å². The van der Waals surface area contributed by atoms with Gasteiger partial charge in [-0.1, -0.05) is 41.6 Å². The summed E-state index contributed by atoms with van der Waals surface area (Å²) in [5, 5.41) is 14.6. The topological polar surface area (TPSA) is 88.9 Å². The van der Waals surface area contributed by atoms with E-state index in [1.165, 1.54) is 17.8 Å². The largest absolute Gasteiger partial charge is 0.334 e. The molecular formula is C20H17ClFN5O2S. The quantitative estimate of drug-likeness (QED) is 0.567. The van der Waals surface area contributed by atoms with Crippen molar-refractivity contribution in [2.24, 2.45) is 0 Å². The van der Waals surface area contributed by atoms with E-state index in [-0.39, 0.29) is 18.1 Å². The van der Waals surface area contributed by atoms with Gasteiger partial charge in [0.15, 0.2) is 5.16 Å². The van der Waals surface area contributed by atoms with Gasteiger partial charge in [-0.05, 0) is 35.9 Å². The fourth-order valence-electron chi connectivity index (χ4n) is 3.15. The van der Waals surface area contributed by atoms with Crippen molar-refractivity contribution in [2.45, 2.75) is 29.8 Å². The van der Waals surface area contributed by atoms with Crippen molar-refractivity contribution < 1.29 is 14.0 Å². The lowest BCUT2D eigenvalue weighted by molar-refractivity contribution is -0.121. The van der Waals surface area contributed by atoms with Crippen molar-refractivity contribution in [1.82, 2.24) is 25.4 Å². The van der Waals surface area contributed by atoms with Gasteiger partial charge in [0.1, 0.15) is 11.6 Å². The Balaban J connectivity index is 1.63. The van der Waals surface area contributed by atoms with E-state index in [2.05, 4.69) is 20.8 Å². The molecular weight excluding hydrogens is 429 g/mol. The Bertz CT molecular complexity index is 1070. The average Bonchev–Trinajstić information content (AvgIpc) is 3.09. The summed E-state index contributed by atoms with van der Waals surface area (Å²) in [7, 11) is 0. The van der Waals surface area contributed by atoms with Gasteiger partial charge in [0.25, 0.3) is 0 Å². The number of hydrogen-bond donors (Lipinski definition) is 2. The second-order valence-corrected chi connectivity index (χ2v) is 8.10. The fraction of sp³-hybridized carbons (Fsp3) is 0.200. The van der Waals surface area contributed by atoms with E-state index in [0.717, 1.165) is 5.69 Å². The predicted octanol–water partition coefficient (Wildman–Crippen LogP) is 3.49. The summed E-state index contributed by atoms with van der Waals surface area (Å²) in [5.74, 6) is 0.337. The van der Waals surface area contributed by atoms with Crippen molar-refractivity contribution in [3.05, 3.63) is 70.8 Å². The number of aromatic nitrogens is 3. The molecule has 2 heterocycles. The standard InChI is InChI=1S/C20H17ClFN5O2S/c21-13-5-7-15(8-6-13)27-17(9-14-10-18(28)24-19(29)23-14)25-26-20(27)30-11-12-3-1-2-4-16(12)22/h1-8,14H,9-11H2,(H2,23,24,28,29). The minimum absolute atomic E-state index is 0.150. The molecule has 1 unspecified atom stereocenters. The van der Waals surface area contributed by atoms with Gasteiger partial charge in [0, 0.05) is 35.3 Å². The summed E-state index contributed by atoms with van der Waals surface area (Å²) < 4.78 is 15.8. The van der Waals surface area contributed by atoms with Crippen molar-refractivity contribution in [3.63, 3.8) is 0 Å². The maximum Gasteiger partial charge on any atom is 0.321 e. The zero-order valence-corrected chi connectivity index (χ0v) is 17.2. The fourth-order valence-corrected chi connectivity index (χ4v) is 4.23. The number of thioether (sulfide) groups is 1. The van der Waals surface area contributed by atoms with Crippen LogP contribution in [0.5, 0.6) is 0 Å². The molecule has 1 aliphatic heterocycles. The molecule has 1 atom stereocenters. The molecule has 1 aromatic heterocycles. The van der Waals surface area contributed by atoms with Gasteiger partial charge in [-0.25, -0.2) is 9.18 Å². The highest BCUT2D eigenvalue weighted by atomic mass is 35.5. The normalized spacial score (nSPS) is 16.3. The van der Waals surface area contributed by atoms with Gasteiger partial charge in [0.05, 0.1) is 0 Å². The third-order valence-corrected chi connectivity index (χ3v) is 5.78. The van der Waals surface area contributed by atoms with Crippen LogP contribution >= 0.6 is 23.4 Å². The van der Waals surface area contributed by atoms with Crippen LogP contribution in [0.15, 0.2) is 53.7 Å². The Morgan fingerprint density at radius 3 is 2.63 bits per heavy atom. The minimum atomic E-state index is -0.525. The van der Waals surface area contributed by atoms with Crippen molar-refractivity contribution in [3.8, 4) is 5.69 Å². The molecule has 0 spiro atoms. The highest BCUT2D eigenvalue weighted by molar-refractivity contribution is 7.98. The number of urea groups is 1. The number of imide groups is 1. The second-order valence-electron chi connectivity index (χ2n) is 6.72. The maximum atomic E-state index is 14.0. The molecule has 0 aliphatic carbocycles. The summed E-state index contributed by atoms with van der Waals surface area (Å²) in [6.45, 7) is 0. The van der Waals surface area contributed by atoms with Crippen molar-refractivity contribution in [2.75, 3.05) is 0 Å². The highest BCUT2D eigenvalue weighted by Crippen LogP contribution is 2.27. The van der Waals surface area contributed by atoms with Crippen LogP contribution in [0.25, 0.3) is 5.69 Å².